The summed E-state index contributed by atoms with van der Waals surface area (Å²) in [4.78, 5) is 3.94. The van der Waals surface area contributed by atoms with Crippen molar-refractivity contribution in [2.24, 2.45) is 0 Å². The Kier molecular flexibility index (Phi) is 1.62. The Morgan fingerprint density at radius 3 is 2.45 bits per heavy atom. The molecule has 58 valence electrons. The van der Waals surface area contributed by atoms with Crippen LogP contribution in [0, 0.1) is 0 Å². The molecule has 0 amide bonds. The molecule has 3 heteroatoms. The van der Waals surface area contributed by atoms with Gasteiger partial charge in [-0.05, 0) is 17.7 Å². The van der Waals surface area contributed by atoms with Gasteiger partial charge in [-0.15, -0.1) is 0 Å². The van der Waals surface area contributed by atoms with Crippen LogP contribution < -0.4 is 0 Å². The zero-order valence-corrected chi connectivity index (χ0v) is 6.92. The largest absolute Gasteiger partial charge is 0.378 e. The van der Waals surface area contributed by atoms with Crippen LogP contribution in [0.1, 0.15) is 5.56 Å². The molecular formula is C8H9NOS. The van der Waals surface area contributed by atoms with Crippen molar-refractivity contribution in [1.29, 1.82) is 0 Å². The van der Waals surface area contributed by atoms with Gasteiger partial charge in [0.15, 0.2) is 0 Å². The van der Waals surface area contributed by atoms with Crippen LogP contribution in [0.3, 0.4) is 0 Å². The molecule has 0 spiro atoms. The molecule has 0 bridgehead atoms. The van der Waals surface area contributed by atoms with Crippen molar-refractivity contribution in [3.8, 4) is 0 Å². The van der Waals surface area contributed by atoms with E-state index in [0.29, 0.717) is 13.2 Å². The van der Waals surface area contributed by atoms with Crippen LogP contribution in [0.4, 0.5) is 0 Å². The third-order valence-electron chi connectivity index (χ3n) is 1.90. The Balaban J connectivity index is 2.29. The second-order valence-corrected chi connectivity index (χ2v) is 3.62. The zero-order chi connectivity index (χ0) is 7.73. The normalized spacial score (nSPS) is 20.8. The van der Waals surface area contributed by atoms with Gasteiger partial charge >= 0.3 is 0 Å². The lowest BCUT2D eigenvalue weighted by Gasteiger charge is -2.37. The molecular weight excluding hydrogens is 158 g/mol. The predicted octanol–water partition coefficient (Wildman–Crippen LogP) is 1.24. The van der Waals surface area contributed by atoms with Crippen LogP contribution in [0.5, 0.6) is 0 Å². The number of aromatic nitrogens is 1. The van der Waals surface area contributed by atoms with Crippen LogP contribution in [-0.4, -0.2) is 18.2 Å². The zero-order valence-electron chi connectivity index (χ0n) is 6.03. The number of pyridine rings is 1. The van der Waals surface area contributed by atoms with E-state index in [1.807, 2.05) is 12.1 Å². The van der Waals surface area contributed by atoms with Crippen molar-refractivity contribution in [2.75, 3.05) is 13.2 Å². The Labute approximate surface area is 71.0 Å². The molecule has 0 saturated carbocycles. The van der Waals surface area contributed by atoms with Gasteiger partial charge in [-0.3, -0.25) is 4.98 Å². The molecule has 0 aliphatic carbocycles. The molecule has 0 aromatic carbocycles. The highest BCUT2D eigenvalue weighted by molar-refractivity contribution is 7.81. The van der Waals surface area contributed by atoms with Crippen molar-refractivity contribution < 1.29 is 4.74 Å². The molecule has 0 N–H and O–H groups in total. The molecule has 2 rings (SSSR count). The maximum Gasteiger partial charge on any atom is 0.0845 e. The van der Waals surface area contributed by atoms with Gasteiger partial charge in [-0.1, -0.05) is 0 Å². The maximum atomic E-state index is 5.10. The second kappa shape index (κ2) is 2.50. The topological polar surface area (TPSA) is 22.1 Å². The van der Waals surface area contributed by atoms with Crippen molar-refractivity contribution in [3.05, 3.63) is 30.1 Å². The lowest BCUT2D eigenvalue weighted by molar-refractivity contribution is -0.00972. The van der Waals surface area contributed by atoms with Gasteiger partial charge < -0.3 is 4.74 Å². The SMILES string of the molecule is SC1(c2ccncc2)COC1. The van der Waals surface area contributed by atoms with Gasteiger partial charge in [0, 0.05) is 12.4 Å². The molecule has 1 saturated heterocycles. The fourth-order valence-electron chi connectivity index (χ4n) is 1.12. The minimum atomic E-state index is -0.0526. The van der Waals surface area contributed by atoms with Crippen LogP contribution in [0.15, 0.2) is 24.5 Å². The fraction of sp³-hybridized carbons (Fsp3) is 0.375. The first-order valence-corrected chi connectivity index (χ1v) is 3.97. The quantitative estimate of drug-likeness (QED) is 0.636. The van der Waals surface area contributed by atoms with E-state index in [9.17, 15) is 0 Å². The van der Waals surface area contributed by atoms with E-state index in [-0.39, 0.29) is 4.75 Å². The van der Waals surface area contributed by atoms with Gasteiger partial charge in [0.05, 0.1) is 18.0 Å². The number of hydrogen-bond donors (Lipinski definition) is 1. The Bertz CT molecular complexity index is 246. The monoisotopic (exact) mass is 167 g/mol. The highest BCUT2D eigenvalue weighted by Crippen LogP contribution is 2.35. The molecule has 11 heavy (non-hydrogen) atoms. The van der Waals surface area contributed by atoms with Gasteiger partial charge in [-0.25, -0.2) is 0 Å². The summed E-state index contributed by atoms with van der Waals surface area (Å²) in [5.41, 5.74) is 1.20. The highest BCUT2D eigenvalue weighted by atomic mass is 32.1. The maximum absolute atomic E-state index is 5.10. The van der Waals surface area contributed by atoms with Gasteiger partial charge in [0.2, 0.25) is 0 Å². The van der Waals surface area contributed by atoms with E-state index >= 15 is 0 Å². The van der Waals surface area contributed by atoms with E-state index in [0.717, 1.165) is 0 Å². The van der Waals surface area contributed by atoms with Crippen LogP contribution >= 0.6 is 12.6 Å². The molecule has 1 aliphatic heterocycles. The van der Waals surface area contributed by atoms with Crippen molar-refractivity contribution in [2.45, 2.75) is 4.75 Å². The molecule has 2 nitrogen and oxygen atoms in total. The summed E-state index contributed by atoms with van der Waals surface area (Å²) in [6.45, 7) is 1.42. The van der Waals surface area contributed by atoms with E-state index < -0.39 is 0 Å². The molecule has 0 radical (unpaired) electrons. The number of thiol groups is 1. The lowest BCUT2D eigenvalue weighted by Crippen LogP contribution is -2.41. The first-order valence-electron chi connectivity index (χ1n) is 3.52. The molecule has 1 aromatic rings. The molecule has 1 aromatic heterocycles. The lowest BCUT2D eigenvalue weighted by atomic mass is 9.98. The Morgan fingerprint density at radius 2 is 2.00 bits per heavy atom. The summed E-state index contributed by atoms with van der Waals surface area (Å²) in [5.74, 6) is 0. The molecule has 0 unspecified atom stereocenters. The van der Waals surface area contributed by atoms with Gasteiger partial charge in [-0.2, -0.15) is 12.6 Å². The van der Waals surface area contributed by atoms with Crippen molar-refractivity contribution >= 4 is 12.6 Å². The number of rotatable bonds is 1. The summed E-state index contributed by atoms with van der Waals surface area (Å²) in [6.07, 6.45) is 3.57. The van der Waals surface area contributed by atoms with E-state index in [1.54, 1.807) is 12.4 Å². The van der Waals surface area contributed by atoms with E-state index in [4.69, 9.17) is 4.74 Å². The van der Waals surface area contributed by atoms with Crippen LogP contribution in [0.25, 0.3) is 0 Å². The summed E-state index contributed by atoms with van der Waals surface area (Å²) in [7, 11) is 0. The Hall–Kier alpha value is -0.540. The number of hydrogen-bond acceptors (Lipinski definition) is 3. The smallest absolute Gasteiger partial charge is 0.0845 e. The van der Waals surface area contributed by atoms with Crippen molar-refractivity contribution in [3.63, 3.8) is 0 Å². The van der Waals surface area contributed by atoms with Gasteiger partial charge in [0.1, 0.15) is 0 Å². The fourth-order valence-corrected chi connectivity index (χ4v) is 1.46. The standard InChI is InChI=1S/C8H9NOS/c11-8(5-10-6-8)7-1-3-9-4-2-7/h1-4,11H,5-6H2. The number of ether oxygens (including phenoxy) is 1. The molecule has 1 aliphatic rings. The van der Waals surface area contributed by atoms with Crippen molar-refractivity contribution in [1.82, 2.24) is 4.98 Å². The summed E-state index contributed by atoms with van der Waals surface area (Å²) in [6, 6.07) is 3.96. The summed E-state index contributed by atoms with van der Waals surface area (Å²) >= 11 is 4.51. The molecule has 2 heterocycles. The highest BCUT2D eigenvalue weighted by Gasteiger charge is 2.36. The minimum absolute atomic E-state index is 0.0526. The minimum Gasteiger partial charge on any atom is -0.378 e. The molecule has 0 atom stereocenters. The number of nitrogens with zero attached hydrogens (tertiary/aromatic N) is 1. The Morgan fingerprint density at radius 1 is 1.36 bits per heavy atom. The molecule has 1 fully saturated rings. The van der Waals surface area contributed by atoms with E-state index in [2.05, 4.69) is 17.6 Å². The first-order chi connectivity index (χ1) is 5.31. The predicted molar refractivity (Wildman–Crippen MR) is 45.7 cm³/mol. The van der Waals surface area contributed by atoms with Crippen LogP contribution in [-0.2, 0) is 9.48 Å². The van der Waals surface area contributed by atoms with Crippen LogP contribution in [0.2, 0.25) is 0 Å². The third-order valence-corrected chi connectivity index (χ3v) is 2.42. The van der Waals surface area contributed by atoms with Gasteiger partial charge in [0.25, 0.3) is 0 Å². The van der Waals surface area contributed by atoms with E-state index in [1.165, 1.54) is 5.56 Å². The first kappa shape index (κ1) is 7.13. The average Bonchev–Trinajstić information content (AvgIpc) is 2.02. The summed E-state index contributed by atoms with van der Waals surface area (Å²) in [5, 5.41) is 0. The average molecular weight is 167 g/mol. The second-order valence-electron chi connectivity index (χ2n) is 2.76. The third kappa shape index (κ3) is 1.14. The summed E-state index contributed by atoms with van der Waals surface area (Å²) < 4.78 is 5.04.